The number of allylic oxidation sites excluding steroid dienone is 1. The second-order valence-electron chi connectivity index (χ2n) is 6.69. The fourth-order valence-corrected chi connectivity index (χ4v) is 3.98. The van der Waals surface area contributed by atoms with Gasteiger partial charge >= 0.3 is 0 Å². The summed E-state index contributed by atoms with van der Waals surface area (Å²) in [5.41, 5.74) is 4.46. The smallest absolute Gasteiger partial charge is 0.00469 e. The number of hydrogen-bond donors (Lipinski definition) is 0. The van der Waals surface area contributed by atoms with Crippen LogP contribution in [0.25, 0.3) is 5.57 Å². The average Bonchev–Trinajstić information content (AvgIpc) is 2.75. The molecule has 102 valence electrons. The number of rotatable bonds is 3. The van der Waals surface area contributed by atoms with Gasteiger partial charge in [0, 0.05) is 6.54 Å². The molecule has 0 radical (unpaired) electrons. The van der Waals surface area contributed by atoms with Crippen LogP contribution in [0.4, 0.5) is 0 Å². The second-order valence-corrected chi connectivity index (χ2v) is 6.69. The Hall–Kier alpha value is -1.08. The molecule has 0 aliphatic heterocycles. The maximum absolute atomic E-state index is 2.59. The van der Waals surface area contributed by atoms with Crippen molar-refractivity contribution in [3.05, 3.63) is 41.5 Å². The van der Waals surface area contributed by atoms with Gasteiger partial charge in [-0.3, -0.25) is 0 Å². The summed E-state index contributed by atoms with van der Waals surface area (Å²) in [5, 5.41) is 0. The molecule has 0 spiro atoms. The Bertz CT molecular complexity index is 486. The van der Waals surface area contributed by atoms with Crippen molar-refractivity contribution in [1.82, 2.24) is 4.90 Å². The molecule has 1 fully saturated rings. The van der Waals surface area contributed by atoms with Gasteiger partial charge in [0.05, 0.1) is 0 Å². The molecule has 3 rings (SSSR count). The number of nitrogens with zero attached hydrogens (tertiary/aromatic N) is 1. The highest BCUT2D eigenvalue weighted by atomic mass is 15.1. The fourth-order valence-electron chi connectivity index (χ4n) is 3.98. The molecule has 1 aromatic rings. The summed E-state index contributed by atoms with van der Waals surface area (Å²) in [6.07, 6.45) is 6.85. The predicted octanol–water partition coefficient (Wildman–Crippen LogP) is 3.99. The Balaban J connectivity index is 1.96. The Labute approximate surface area is 117 Å². The number of aryl methyl sites for hydroxylation is 1. The van der Waals surface area contributed by atoms with Crippen molar-refractivity contribution in [3.63, 3.8) is 0 Å². The maximum atomic E-state index is 2.59. The lowest BCUT2D eigenvalue weighted by molar-refractivity contribution is 0.289. The minimum atomic E-state index is 0.732. The van der Waals surface area contributed by atoms with Crippen LogP contribution in [0.1, 0.15) is 30.4 Å². The monoisotopic (exact) mass is 255 g/mol. The Morgan fingerprint density at radius 3 is 2.79 bits per heavy atom. The van der Waals surface area contributed by atoms with Crippen LogP contribution in [-0.4, -0.2) is 25.5 Å². The zero-order valence-corrected chi connectivity index (χ0v) is 12.4. The van der Waals surface area contributed by atoms with Gasteiger partial charge in [-0.15, -0.1) is 0 Å². The second kappa shape index (κ2) is 5.13. The third-order valence-electron chi connectivity index (χ3n) is 4.81. The Kier molecular flexibility index (Phi) is 3.49. The van der Waals surface area contributed by atoms with Gasteiger partial charge in [-0.05, 0) is 69.2 Å². The van der Waals surface area contributed by atoms with Gasteiger partial charge in [0.25, 0.3) is 0 Å². The average molecular weight is 255 g/mol. The molecule has 3 atom stereocenters. The molecular weight excluding hydrogens is 230 g/mol. The van der Waals surface area contributed by atoms with Gasteiger partial charge in [-0.2, -0.15) is 0 Å². The predicted molar refractivity (Wildman–Crippen MR) is 82.0 cm³/mol. The van der Waals surface area contributed by atoms with E-state index in [1.54, 1.807) is 5.57 Å². The standard InChI is InChI=1S/C18H25N/c1-13-5-4-6-15(9-13)17-11-14-7-8-16(10-14)18(17)12-19(2)3/h4-6,9,11,14,16,18H,7-8,10,12H2,1-3H3/t14?,16?,18-/m0/s1. The van der Waals surface area contributed by atoms with E-state index in [1.807, 2.05) is 0 Å². The van der Waals surface area contributed by atoms with Gasteiger partial charge in [0.1, 0.15) is 0 Å². The summed E-state index contributed by atoms with van der Waals surface area (Å²) in [6, 6.07) is 9.06. The number of hydrogen-bond acceptors (Lipinski definition) is 1. The lowest BCUT2D eigenvalue weighted by atomic mass is 9.76. The largest absolute Gasteiger partial charge is 0.309 e. The molecule has 19 heavy (non-hydrogen) atoms. The minimum absolute atomic E-state index is 0.732. The Morgan fingerprint density at radius 1 is 1.21 bits per heavy atom. The molecule has 0 saturated heterocycles. The summed E-state index contributed by atoms with van der Waals surface area (Å²) < 4.78 is 0. The lowest BCUT2D eigenvalue weighted by Gasteiger charge is -2.32. The van der Waals surface area contributed by atoms with Crippen LogP contribution in [-0.2, 0) is 0 Å². The van der Waals surface area contributed by atoms with Crippen LogP contribution in [0.2, 0.25) is 0 Å². The summed E-state index contributed by atoms with van der Waals surface area (Å²) in [6.45, 7) is 3.39. The van der Waals surface area contributed by atoms with Crippen LogP contribution in [0, 0.1) is 24.7 Å². The van der Waals surface area contributed by atoms with E-state index in [1.165, 1.54) is 36.9 Å². The molecule has 0 heterocycles. The summed E-state index contributed by atoms with van der Waals surface area (Å²) in [4.78, 5) is 2.35. The molecule has 0 amide bonds. The molecule has 0 N–H and O–H groups in total. The van der Waals surface area contributed by atoms with Crippen LogP contribution < -0.4 is 0 Å². The molecule has 1 aromatic carbocycles. The van der Waals surface area contributed by atoms with Gasteiger partial charge < -0.3 is 4.90 Å². The zero-order chi connectivity index (χ0) is 13.4. The topological polar surface area (TPSA) is 3.24 Å². The van der Waals surface area contributed by atoms with Crippen LogP contribution >= 0.6 is 0 Å². The third kappa shape index (κ3) is 2.62. The highest BCUT2D eigenvalue weighted by molar-refractivity contribution is 5.69. The van der Waals surface area contributed by atoms with E-state index >= 15 is 0 Å². The van der Waals surface area contributed by atoms with Crippen molar-refractivity contribution in [2.75, 3.05) is 20.6 Å². The van der Waals surface area contributed by atoms with Gasteiger partial charge in [0.2, 0.25) is 0 Å². The van der Waals surface area contributed by atoms with E-state index < -0.39 is 0 Å². The van der Waals surface area contributed by atoms with Gasteiger partial charge in [0.15, 0.2) is 0 Å². The lowest BCUT2D eigenvalue weighted by Crippen LogP contribution is -2.29. The van der Waals surface area contributed by atoms with Crippen molar-refractivity contribution in [2.24, 2.45) is 17.8 Å². The van der Waals surface area contributed by atoms with E-state index in [0.717, 1.165) is 17.8 Å². The van der Waals surface area contributed by atoms with Crippen molar-refractivity contribution >= 4 is 5.57 Å². The normalized spacial score (nSPS) is 29.7. The molecule has 1 nitrogen and oxygen atoms in total. The summed E-state index contributed by atoms with van der Waals surface area (Å²) >= 11 is 0. The van der Waals surface area contributed by atoms with E-state index in [4.69, 9.17) is 0 Å². The van der Waals surface area contributed by atoms with Crippen molar-refractivity contribution in [2.45, 2.75) is 26.2 Å². The summed E-state index contributed by atoms with van der Waals surface area (Å²) in [5.74, 6) is 2.49. The first kappa shape index (κ1) is 12.9. The molecule has 2 bridgehead atoms. The quantitative estimate of drug-likeness (QED) is 0.789. The Morgan fingerprint density at radius 2 is 2.05 bits per heavy atom. The maximum Gasteiger partial charge on any atom is 0.00469 e. The SMILES string of the molecule is Cc1cccc(C2=CC3CCC(C3)[C@@H]2CN(C)C)c1. The van der Waals surface area contributed by atoms with Gasteiger partial charge in [-0.25, -0.2) is 0 Å². The molecule has 1 heteroatoms. The molecule has 0 aromatic heterocycles. The van der Waals surface area contributed by atoms with Gasteiger partial charge in [-0.1, -0.05) is 35.9 Å². The molecule has 2 aliphatic carbocycles. The fraction of sp³-hybridized carbons (Fsp3) is 0.556. The highest BCUT2D eigenvalue weighted by Gasteiger charge is 2.37. The van der Waals surface area contributed by atoms with Crippen LogP contribution in [0.5, 0.6) is 0 Å². The first-order valence-electron chi connectivity index (χ1n) is 7.57. The number of fused-ring (bicyclic) bond motifs is 2. The van der Waals surface area contributed by atoms with Crippen LogP contribution in [0.3, 0.4) is 0 Å². The number of benzene rings is 1. The van der Waals surface area contributed by atoms with Crippen molar-refractivity contribution in [3.8, 4) is 0 Å². The molecule has 2 unspecified atom stereocenters. The van der Waals surface area contributed by atoms with Crippen molar-refractivity contribution < 1.29 is 0 Å². The summed E-state index contributed by atoms with van der Waals surface area (Å²) in [7, 11) is 4.41. The van der Waals surface area contributed by atoms with E-state index in [-0.39, 0.29) is 0 Å². The highest BCUT2D eigenvalue weighted by Crippen LogP contribution is 2.47. The third-order valence-corrected chi connectivity index (χ3v) is 4.81. The molecule has 2 aliphatic rings. The van der Waals surface area contributed by atoms with E-state index in [2.05, 4.69) is 56.3 Å². The van der Waals surface area contributed by atoms with E-state index in [9.17, 15) is 0 Å². The first-order valence-corrected chi connectivity index (χ1v) is 7.57. The first-order chi connectivity index (χ1) is 9.13. The minimum Gasteiger partial charge on any atom is -0.309 e. The molecular formula is C18H25N. The molecule has 1 saturated carbocycles. The van der Waals surface area contributed by atoms with Crippen molar-refractivity contribution in [1.29, 1.82) is 0 Å². The zero-order valence-electron chi connectivity index (χ0n) is 12.4. The van der Waals surface area contributed by atoms with E-state index in [0.29, 0.717) is 0 Å². The van der Waals surface area contributed by atoms with Crippen LogP contribution in [0.15, 0.2) is 30.3 Å².